The van der Waals surface area contributed by atoms with Crippen LogP contribution in [0.2, 0.25) is 0 Å². The number of rotatable bonds is 4. The summed E-state index contributed by atoms with van der Waals surface area (Å²) in [7, 11) is 6.17. The molecule has 0 amide bonds. The quantitative estimate of drug-likeness (QED) is 0.693. The average Bonchev–Trinajstić information content (AvgIpc) is 2.80. The molecule has 0 spiro atoms. The molecule has 0 radical (unpaired) electrons. The molecule has 0 fully saturated rings. The topological polar surface area (TPSA) is 109 Å². The monoisotopic (exact) mass is 419 g/mol. The zero-order chi connectivity index (χ0) is 22.3. The van der Waals surface area contributed by atoms with Crippen molar-refractivity contribution in [2.45, 2.75) is 5.92 Å². The van der Waals surface area contributed by atoms with Crippen molar-refractivity contribution in [3.05, 3.63) is 69.3 Å². The number of nitrogens with two attached hydrogens (primary N) is 1. The number of allylic oxidation sites excluding steroid dienone is 1. The molecule has 0 aliphatic carbocycles. The lowest BCUT2D eigenvalue weighted by atomic mass is 9.82. The molecule has 1 aliphatic rings. The Bertz CT molecular complexity index is 1330. The van der Waals surface area contributed by atoms with E-state index in [4.69, 9.17) is 24.7 Å². The van der Waals surface area contributed by atoms with E-state index in [1.54, 1.807) is 19.2 Å². The summed E-state index contributed by atoms with van der Waals surface area (Å²) >= 11 is 0. The number of nitriles is 1. The third-order valence-electron chi connectivity index (χ3n) is 5.51. The minimum atomic E-state index is -0.813. The minimum Gasteiger partial charge on any atom is -0.493 e. The van der Waals surface area contributed by atoms with Crippen molar-refractivity contribution in [3.8, 4) is 29.1 Å². The first-order chi connectivity index (χ1) is 15.0. The predicted octanol–water partition coefficient (Wildman–Crippen LogP) is 2.78. The molecule has 1 aromatic heterocycles. The van der Waals surface area contributed by atoms with Gasteiger partial charge in [0.2, 0.25) is 11.6 Å². The van der Waals surface area contributed by atoms with Crippen molar-refractivity contribution in [3.63, 3.8) is 0 Å². The van der Waals surface area contributed by atoms with Crippen molar-refractivity contribution in [1.29, 1.82) is 5.26 Å². The van der Waals surface area contributed by atoms with Crippen molar-refractivity contribution < 1.29 is 18.9 Å². The molecule has 2 aromatic carbocycles. The number of benzene rings is 2. The van der Waals surface area contributed by atoms with E-state index in [1.807, 2.05) is 24.3 Å². The lowest BCUT2D eigenvalue weighted by Gasteiger charge is -2.29. The van der Waals surface area contributed by atoms with Crippen LogP contribution in [0.5, 0.6) is 23.0 Å². The molecule has 1 aliphatic heterocycles. The molecular formula is C23H21N3O5. The van der Waals surface area contributed by atoms with Crippen LogP contribution in [-0.4, -0.2) is 25.9 Å². The molecule has 2 N–H and O–H groups in total. The third kappa shape index (κ3) is 2.86. The molecule has 0 saturated heterocycles. The van der Waals surface area contributed by atoms with Crippen LogP contribution in [0.15, 0.2) is 52.6 Å². The van der Waals surface area contributed by atoms with Gasteiger partial charge < -0.3 is 29.2 Å². The zero-order valence-electron chi connectivity index (χ0n) is 17.6. The Balaban J connectivity index is 2.14. The molecule has 1 atom stereocenters. The second kappa shape index (κ2) is 7.61. The Morgan fingerprint density at radius 3 is 2.42 bits per heavy atom. The number of hydrogen-bond acceptors (Lipinski definition) is 7. The van der Waals surface area contributed by atoms with Crippen molar-refractivity contribution >= 4 is 10.9 Å². The number of aromatic nitrogens is 1. The highest BCUT2D eigenvalue weighted by atomic mass is 16.5. The number of methoxy groups -OCH3 is 3. The molecule has 0 saturated carbocycles. The van der Waals surface area contributed by atoms with Crippen molar-refractivity contribution in [2.24, 2.45) is 12.8 Å². The second-order valence-corrected chi connectivity index (χ2v) is 6.97. The highest BCUT2D eigenvalue weighted by Gasteiger charge is 2.37. The second-order valence-electron chi connectivity index (χ2n) is 6.97. The van der Waals surface area contributed by atoms with E-state index in [9.17, 15) is 10.1 Å². The average molecular weight is 419 g/mol. The maximum Gasteiger partial charge on any atom is 0.258 e. The lowest BCUT2D eigenvalue weighted by Crippen LogP contribution is -2.31. The highest BCUT2D eigenvalue weighted by Crippen LogP contribution is 2.49. The smallest absolute Gasteiger partial charge is 0.258 e. The SMILES string of the molecule is COc1ccc([C@H]2C(C#N)=C(N)Oc3c2c(=O)n(C)c2ccccc32)c(OC)c1OC. The normalized spacial score (nSPS) is 15.1. The number of nitrogens with zero attached hydrogens (tertiary/aromatic N) is 2. The molecule has 31 heavy (non-hydrogen) atoms. The summed E-state index contributed by atoms with van der Waals surface area (Å²) in [6, 6.07) is 12.9. The maximum atomic E-state index is 13.5. The molecule has 8 heteroatoms. The van der Waals surface area contributed by atoms with Crippen LogP contribution in [0.4, 0.5) is 0 Å². The number of ether oxygens (including phenoxy) is 4. The van der Waals surface area contributed by atoms with Crippen LogP contribution in [0.25, 0.3) is 10.9 Å². The van der Waals surface area contributed by atoms with Crippen molar-refractivity contribution in [2.75, 3.05) is 21.3 Å². The van der Waals surface area contributed by atoms with Gasteiger partial charge in [-0.15, -0.1) is 0 Å². The summed E-state index contributed by atoms with van der Waals surface area (Å²) in [5, 5.41) is 10.6. The fourth-order valence-electron chi connectivity index (χ4n) is 4.09. The van der Waals surface area contributed by atoms with E-state index in [0.717, 1.165) is 0 Å². The van der Waals surface area contributed by atoms with Gasteiger partial charge in [0.1, 0.15) is 17.4 Å². The zero-order valence-corrected chi connectivity index (χ0v) is 17.6. The van der Waals surface area contributed by atoms with Crippen LogP contribution < -0.4 is 30.2 Å². The van der Waals surface area contributed by atoms with Gasteiger partial charge in [-0.2, -0.15) is 5.26 Å². The van der Waals surface area contributed by atoms with Crippen LogP contribution in [0.1, 0.15) is 17.0 Å². The van der Waals surface area contributed by atoms with Crippen LogP contribution in [-0.2, 0) is 7.05 Å². The van der Waals surface area contributed by atoms with Gasteiger partial charge in [0, 0.05) is 18.0 Å². The largest absolute Gasteiger partial charge is 0.493 e. The predicted molar refractivity (Wildman–Crippen MR) is 115 cm³/mol. The van der Waals surface area contributed by atoms with Crippen LogP contribution in [0, 0.1) is 11.3 Å². The Labute approximate surface area is 178 Å². The number of para-hydroxylation sites is 1. The van der Waals surface area contributed by atoms with Crippen LogP contribution >= 0.6 is 0 Å². The van der Waals surface area contributed by atoms with E-state index >= 15 is 0 Å². The van der Waals surface area contributed by atoms with Crippen LogP contribution in [0.3, 0.4) is 0 Å². The van der Waals surface area contributed by atoms with E-state index < -0.39 is 5.92 Å². The van der Waals surface area contributed by atoms with Gasteiger partial charge in [-0.3, -0.25) is 4.79 Å². The molecule has 8 nitrogen and oxygen atoms in total. The number of fused-ring (bicyclic) bond motifs is 3. The van der Waals surface area contributed by atoms with Crippen molar-refractivity contribution in [1.82, 2.24) is 4.57 Å². The van der Waals surface area contributed by atoms with E-state index in [0.29, 0.717) is 45.0 Å². The van der Waals surface area contributed by atoms with Gasteiger partial charge in [-0.1, -0.05) is 18.2 Å². The highest BCUT2D eigenvalue weighted by molar-refractivity contribution is 5.88. The Hall–Kier alpha value is -4.12. The first-order valence-corrected chi connectivity index (χ1v) is 9.46. The minimum absolute atomic E-state index is 0.0600. The van der Waals surface area contributed by atoms with E-state index in [-0.39, 0.29) is 17.0 Å². The molecule has 2 heterocycles. The lowest BCUT2D eigenvalue weighted by molar-refractivity contribution is 0.321. The summed E-state index contributed by atoms with van der Waals surface area (Å²) in [6.07, 6.45) is 0. The van der Waals surface area contributed by atoms with Gasteiger partial charge >= 0.3 is 0 Å². The Morgan fingerprint density at radius 2 is 1.77 bits per heavy atom. The molecule has 158 valence electrons. The standard InChI is InChI=1S/C23H21N3O5/c1-26-15-8-6-5-7-12(15)19-18(23(26)27)17(14(11-24)22(25)31-19)13-9-10-16(28-2)21(30-4)20(13)29-3/h5-10,17H,25H2,1-4H3/t17-/m0/s1. The summed E-state index contributed by atoms with van der Waals surface area (Å²) in [5.74, 6) is 0.607. The Kier molecular flexibility index (Phi) is 4.95. The van der Waals surface area contributed by atoms with Gasteiger partial charge in [0.25, 0.3) is 5.56 Å². The van der Waals surface area contributed by atoms with Gasteiger partial charge in [-0.25, -0.2) is 0 Å². The molecular weight excluding hydrogens is 398 g/mol. The fraction of sp³-hybridized carbons (Fsp3) is 0.217. The van der Waals surface area contributed by atoms with Gasteiger partial charge in [-0.05, 0) is 18.2 Å². The molecule has 0 bridgehead atoms. The maximum absolute atomic E-state index is 13.5. The summed E-state index contributed by atoms with van der Waals surface area (Å²) < 4.78 is 23.9. The van der Waals surface area contributed by atoms with Gasteiger partial charge in [0.15, 0.2) is 11.5 Å². The fourth-order valence-corrected chi connectivity index (χ4v) is 4.09. The molecule has 4 rings (SSSR count). The summed E-state index contributed by atoms with van der Waals surface area (Å²) in [5.41, 5.74) is 7.51. The third-order valence-corrected chi connectivity index (χ3v) is 5.51. The molecule has 3 aromatic rings. The summed E-state index contributed by atoms with van der Waals surface area (Å²) in [6.45, 7) is 0. The first kappa shape index (κ1) is 20.2. The van der Waals surface area contributed by atoms with E-state index in [2.05, 4.69) is 6.07 Å². The van der Waals surface area contributed by atoms with Gasteiger partial charge in [0.05, 0.1) is 38.3 Å². The number of hydrogen-bond donors (Lipinski definition) is 1. The summed E-state index contributed by atoms with van der Waals surface area (Å²) in [4.78, 5) is 13.5. The first-order valence-electron chi connectivity index (χ1n) is 9.46. The number of pyridine rings is 1. The Morgan fingerprint density at radius 1 is 1.06 bits per heavy atom. The molecule has 0 unspecified atom stereocenters. The number of aryl methyl sites for hydroxylation is 1. The van der Waals surface area contributed by atoms with E-state index in [1.165, 1.54) is 25.9 Å².